The van der Waals surface area contributed by atoms with E-state index >= 15 is 0 Å². The Morgan fingerprint density at radius 3 is 2.74 bits per heavy atom. The number of carbonyl (C=O) groups excluding carboxylic acids is 1. The Labute approximate surface area is 142 Å². The van der Waals surface area contributed by atoms with Gasteiger partial charge in [0.15, 0.2) is 11.7 Å². The van der Waals surface area contributed by atoms with Crippen LogP contribution in [-0.4, -0.2) is 15.8 Å². The molecule has 2 heterocycles. The zero-order valence-corrected chi connectivity index (χ0v) is 13.4. The highest BCUT2D eigenvalue weighted by atomic mass is 35.5. The van der Waals surface area contributed by atoms with Crippen LogP contribution in [0.2, 0.25) is 5.02 Å². The number of nitrogens with zero attached hydrogens (tertiary/aromatic N) is 3. The van der Waals surface area contributed by atoms with Gasteiger partial charge in [-0.2, -0.15) is 5.26 Å². The van der Waals surface area contributed by atoms with Crippen LogP contribution in [0.5, 0.6) is 0 Å². The highest BCUT2D eigenvalue weighted by Crippen LogP contribution is 2.28. The summed E-state index contributed by atoms with van der Waals surface area (Å²) in [6.07, 6.45) is 3.35. The van der Waals surface area contributed by atoms with Crippen LogP contribution in [0.4, 0.5) is 0 Å². The van der Waals surface area contributed by atoms with Gasteiger partial charge in [0.1, 0.15) is 5.01 Å². The summed E-state index contributed by atoms with van der Waals surface area (Å²) in [6, 6.07) is 12.3. The normalized spacial score (nSPS) is 11.7. The number of carbonyl (C=O) groups is 1. The van der Waals surface area contributed by atoms with Gasteiger partial charge in [-0.05, 0) is 24.3 Å². The molecule has 1 unspecified atom stereocenters. The molecule has 0 spiro atoms. The number of pyridine rings is 1. The van der Waals surface area contributed by atoms with Crippen LogP contribution in [0.1, 0.15) is 21.3 Å². The van der Waals surface area contributed by atoms with Crippen LogP contribution in [0.3, 0.4) is 0 Å². The number of nitriles is 1. The van der Waals surface area contributed by atoms with Gasteiger partial charge in [-0.15, -0.1) is 11.3 Å². The number of hydrogen-bond donors (Lipinski definition) is 0. The first kappa shape index (κ1) is 15.3. The van der Waals surface area contributed by atoms with Crippen molar-refractivity contribution in [2.45, 2.75) is 5.92 Å². The average Bonchev–Trinajstić information content (AvgIpc) is 3.06. The third-order valence-electron chi connectivity index (χ3n) is 3.25. The molecule has 0 bridgehead atoms. The van der Waals surface area contributed by atoms with Gasteiger partial charge < -0.3 is 0 Å². The van der Waals surface area contributed by atoms with Crippen molar-refractivity contribution < 1.29 is 4.79 Å². The van der Waals surface area contributed by atoms with E-state index in [1.165, 1.54) is 11.3 Å². The first-order valence-corrected chi connectivity index (χ1v) is 8.00. The zero-order valence-electron chi connectivity index (χ0n) is 11.8. The first-order chi connectivity index (χ1) is 11.2. The third-order valence-corrected chi connectivity index (χ3v) is 4.39. The molecule has 0 fully saturated rings. The maximum Gasteiger partial charge on any atom is 0.186 e. The highest BCUT2D eigenvalue weighted by Gasteiger charge is 2.25. The van der Waals surface area contributed by atoms with E-state index in [9.17, 15) is 10.1 Å². The van der Waals surface area contributed by atoms with Gasteiger partial charge in [-0.25, -0.2) is 4.98 Å². The Morgan fingerprint density at radius 2 is 2.04 bits per heavy atom. The lowest BCUT2D eigenvalue weighted by atomic mass is 9.99. The molecule has 0 saturated heterocycles. The summed E-state index contributed by atoms with van der Waals surface area (Å²) >= 11 is 7.21. The Morgan fingerprint density at radius 1 is 1.26 bits per heavy atom. The van der Waals surface area contributed by atoms with Gasteiger partial charge in [0.2, 0.25) is 0 Å². The highest BCUT2D eigenvalue weighted by molar-refractivity contribution is 7.10. The quantitative estimate of drug-likeness (QED) is 0.663. The number of Topliss-reactive ketones (excluding diaryl/α,β-unsaturated/α-hetero) is 1. The molecule has 112 valence electrons. The first-order valence-electron chi connectivity index (χ1n) is 6.74. The Bertz CT molecular complexity index is 886. The number of ketones is 1. The lowest BCUT2D eigenvalue weighted by Gasteiger charge is -2.05. The maximum absolute atomic E-state index is 12.5. The predicted molar refractivity (Wildman–Crippen MR) is 89.5 cm³/mol. The van der Waals surface area contributed by atoms with Gasteiger partial charge in [-0.3, -0.25) is 9.78 Å². The summed E-state index contributed by atoms with van der Waals surface area (Å²) in [4.78, 5) is 20.9. The molecular weight excluding hydrogens is 330 g/mol. The fourth-order valence-electron chi connectivity index (χ4n) is 2.11. The molecule has 0 N–H and O–H groups in total. The number of rotatable bonds is 4. The number of benzene rings is 1. The van der Waals surface area contributed by atoms with Crippen molar-refractivity contribution in [3.63, 3.8) is 0 Å². The molecule has 3 aromatic rings. The Kier molecular flexibility index (Phi) is 4.47. The van der Waals surface area contributed by atoms with Crippen molar-refractivity contribution in [1.82, 2.24) is 9.97 Å². The van der Waals surface area contributed by atoms with Crippen LogP contribution in [0.15, 0.2) is 54.2 Å². The molecule has 3 rings (SSSR count). The van der Waals surface area contributed by atoms with Gasteiger partial charge in [0.05, 0.1) is 11.8 Å². The second-order valence-electron chi connectivity index (χ2n) is 4.74. The minimum Gasteiger partial charge on any atom is -0.292 e. The van der Waals surface area contributed by atoms with E-state index in [0.717, 1.165) is 11.3 Å². The lowest BCUT2D eigenvalue weighted by molar-refractivity contribution is 0.0979. The minimum absolute atomic E-state index is 0.300. The van der Waals surface area contributed by atoms with Crippen molar-refractivity contribution >= 4 is 28.7 Å². The number of halogens is 1. The van der Waals surface area contributed by atoms with Gasteiger partial charge in [0.25, 0.3) is 0 Å². The van der Waals surface area contributed by atoms with Crippen molar-refractivity contribution in [3.05, 3.63) is 69.8 Å². The monoisotopic (exact) mass is 339 g/mol. The molecule has 23 heavy (non-hydrogen) atoms. The van der Waals surface area contributed by atoms with E-state index in [4.69, 9.17) is 11.6 Å². The standard InChI is InChI=1S/C17H10ClN3OS/c18-13-3-1-2-12(8-13)16(22)14(9-19)17-21-15(10-23-17)11-4-6-20-7-5-11/h1-8,10,14H. The van der Waals surface area contributed by atoms with Crippen LogP contribution in [0, 0.1) is 11.3 Å². The van der Waals surface area contributed by atoms with Gasteiger partial charge in [-0.1, -0.05) is 23.7 Å². The summed E-state index contributed by atoms with van der Waals surface area (Å²) in [5.74, 6) is -1.24. The lowest BCUT2D eigenvalue weighted by Crippen LogP contribution is -2.11. The van der Waals surface area contributed by atoms with Crippen LogP contribution < -0.4 is 0 Å². The van der Waals surface area contributed by atoms with Crippen molar-refractivity contribution in [3.8, 4) is 17.3 Å². The molecule has 1 atom stereocenters. The molecule has 0 radical (unpaired) electrons. The summed E-state index contributed by atoms with van der Waals surface area (Å²) in [7, 11) is 0. The topological polar surface area (TPSA) is 66.6 Å². The molecule has 0 aliphatic carbocycles. The number of thiazole rings is 1. The fourth-order valence-corrected chi connectivity index (χ4v) is 3.17. The molecule has 0 saturated carbocycles. The minimum atomic E-state index is -0.936. The molecule has 6 heteroatoms. The molecular formula is C17H10ClN3OS. The average molecular weight is 340 g/mol. The summed E-state index contributed by atoms with van der Waals surface area (Å²) in [6.45, 7) is 0. The summed E-state index contributed by atoms with van der Waals surface area (Å²) in [5, 5.41) is 12.2. The molecule has 0 aliphatic heterocycles. The van der Waals surface area contributed by atoms with E-state index in [2.05, 4.69) is 9.97 Å². The third kappa shape index (κ3) is 3.29. The molecule has 0 aliphatic rings. The summed E-state index contributed by atoms with van der Waals surface area (Å²) < 4.78 is 0. The largest absolute Gasteiger partial charge is 0.292 e. The van der Waals surface area contributed by atoms with Crippen molar-refractivity contribution in [2.24, 2.45) is 0 Å². The van der Waals surface area contributed by atoms with E-state index in [1.54, 1.807) is 36.7 Å². The second-order valence-corrected chi connectivity index (χ2v) is 6.07. The second kappa shape index (κ2) is 6.69. The molecule has 2 aromatic heterocycles. The van der Waals surface area contributed by atoms with E-state index in [-0.39, 0.29) is 5.78 Å². The smallest absolute Gasteiger partial charge is 0.186 e. The zero-order chi connectivity index (χ0) is 16.2. The molecule has 1 aromatic carbocycles. The van der Waals surface area contributed by atoms with Crippen molar-refractivity contribution in [1.29, 1.82) is 5.26 Å². The van der Waals surface area contributed by atoms with Crippen LogP contribution in [0.25, 0.3) is 11.3 Å². The van der Waals surface area contributed by atoms with Crippen LogP contribution in [-0.2, 0) is 0 Å². The predicted octanol–water partition coefficient (Wildman–Crippen LogP) is 4.35. The fraction of sp³-hybridized carbons (Fsp3) is 0.0588. The van der Waals surface area contributed by atoms with Gasteiger partial charge in [0, 0.05) is 33.9 Å². The maximum atomic E-state index is 12.5. The van der Waals surface area contributed by atoms with E-state index in [0.29, 0.717) is 15.6 Å². The molecule has 0 amide bonds. The molecule has 4 nitrogen and oxygen atoms in total. The Hall–Kier alpha value is -2.55. The Balaban J connectivity index is 1.92. The van der Waals surface area contributed by atoms with Gasteiger partial charge >= 0.3 is 0 Å². The van der Waals surface area contributed by atoms with Crippen LogP contribution >= 0.6 is 22.9 Å². The summed E-state index contributed by atoms with van der Waals surface area (Å²) in [5.41, 5.74) is 2.03. The number of hydrogen-bond acceptors (Lipinski definition) is 5. The van der Waals surface area contributed by atoms with Crippen molar-refractivity contribution in [2.75, 3.05) is 0 Å². The van der Waals surface area contributed by atoms with E-state index < -0.39 is 5.92 Å². The SMILES string of the molecule is N#CC(C(=O)c1cccc(Cl)c1)c1nc(-c2ccncc2)cs1. The van der Waals surface area contributed by atoms with E-state index in [1.807, 2.05) is 23.6 Å². The number of aromatic nitrogens is 2.